The average Bonchev–Trinajstić information content (AvgIpc) is 2.41. The first-order chi connectivity index (χ1) is 9.93. The van der Waals surface area contributed by atoms with E-state index in [2.05, 4.69) is 15.9 Å². The molecule has 0 unspecified atom stereocenters. The van der Waals surface area contributed by atoms with Gasteiger partial charge in [0, 0.05) is 5.56 Å². The van der Waals surface area contributed by atoms with Crippen LogP contribution in [0.2, 0.25) is 5.02 Å². The van der Waals surface area contributed by atoms with Gasteiger partial charge in [0.05, 0.1) is 28.1 Å². The zero-order chi connectivity index (χ0) is 15.6. The number of aryl methyl sites for hydroxylation is 1. The Morgan fingerprint density at radius 1 is 1.33 bits per heavy atom. The normalized spacial score (nSPS) is 10.5. The molecule has 3 nitrogen and oxygen atoms in total. The van der Waals surface area contributed by atoms with Crippen molar-refractivity contribution in [1.29, 1.82) is 0 Å². The molecule has 0 saturated carbocycles. The predicted molar refractivity (Wildman–Crippen MR) is 80.9 cm³/mol. The zero-order valence-corrected chi connectivity index (χ0v) is 12.7. The van der Waals surface area contributed by atoms with E-state index in [-0.39, 0.29) is 16.7 Å². The van der Waals surface area contributed by atoms with Gasteiger partial charge in [-0.25, -0.2) is 14.4 Å². The summed E-state index contributed by atoms with van der Waals surface area (Å²) >= 11 is 6.00. The maximum absolute atomic E-state index is 14.2. The molecule has 0 N–H and O–H groups in total. The summed E-state index contributed by atoms with van der Waals surface area (Å²) in [4.78, 5) is 8.12. The van der Waals surface area contributed by atoms with Gasteiger partial charge in [-0.3, -0.25) is 0 Å². The van der Waals surface area contributed by atoms with Crippen LogP contribution in [0.1, 0.15) is 25.1 Å². The highest BCUT2D eigenvalue weighted by atomic mass is 35.5. The molecule has 0 aliphatic heterocycles. The van der Waals surface area contributed by atoms with Crippen LogP contribution < -0.4 is 4.74 Å². The molecule has 5 heteroatoms. The Balaban J connectivity index is 2.65. The van der Waals surface area contributed by atoms with Crippen LogP contribution in [0, 0.1) is 25.1 Å². The molecule has 0 spiro atoms. The number of nitrogens with zero attached hydrogens (tertiary/aromatic N) is 2. The fourth-order valence-electron chi connectivity index (χ4n) is 1.91. The molecule has 21 heavy (non-hydrogen) atoms. The summed E-state index contributed by atoms with van der Waals surface area (Å²) in [6, 6.07) is 2.71. The van der Waals surface area contributed by atoms with Gasteiger partial charge in [-0.05, 0) is 32.9 Å². The van der Waals surface area contributed by atoms with Crippen molar-refractivity contribution in [3.05, 3.63) is 40.6 Å². The van der Waals surface area contributed by atoms with Crippen molar-refractivity contribution in [2.45, 2.75) is 26.9 Å². The standard InChI is InChI=1S/C16H14ClFN2O/c1-5-11-10(4)19-8-20-16(11)12-6-15(21-9(2)3)13(17)7-14(12)18/h1,6-9H,2-4H3. The lowest BCUT2D eigenvalue weighted by molar-refractivity contribution is 0.242. The number of benzene rings is 1. The second-order valence-electron chi connectivity index (χ2n) is 4.76. The van der Waals surface area contributed by atoms with Crippen LogP contribution in [0.25, 0.3) is 11.3 Å². The number of rotatable bonds is 3. The number of hydrogen-bond acceptors (Lipinski definition) is 3. The van der Waals surface area contributed by atoms with Gasteiger partial charge in [-0.15, -0.1) is 6.42 Å². The number of hydrogen-bond donors (Lipinski definition) is 0. The summed E-state index contributed by atoms with van der Waals surface area (Å²) < 4.78 is 19.8. The third-order valence-corrected chi connectivity index (χ3v) is 3.12. The lowest BCUT2D eigenvalue weighted by Gasteiger charge is -2.14. The Labute approximate surface area is 128 Å². The molecule has 0 aliphatic carbocycles. The van der Waals surface area contributed by atoms with Crippen LogP contribution in [0.5, 0.6) is 5.75 Å². The van der Waals surface area contributed by atoms with E-state index in [4.69, 9.17) is 22.8 Å². The van der Waals surface area contributed by atoms with Crippen molar-refractivity contribution < 1.29 is 9.13 Å². The Morgan fingerprint density at radius 2 is 2.05 bits per heavy atom. The summed E-state index contributed by atoms with van der Waals surface area (Å²) in [5, 5.41) is 0.206. The number of ether oxygens (including phenoxy) is 1. The first kappa shape index (κ1) is 15.3. The molecular weight excluding hydrogens is 291 g/mol. The molecule has 0 saturated heterocycles. The predicted octanol–water partition coefficient (Wildman–Crippen LogP) is 4.01. The maximum atomic E-state index is 14.2. The van der Waals surface area contributed by atoms with Crippen LogP contribution in [0.15, 0.2) is 18.5 Å². The molecule has 108 valence electrons. The highest BCUT2D eigenvalue weighted by molar-refractivity contribution is 6.32. The molecule has 1 aromatic heterocycles. The average molecular weight is 305 g/mol. The first-order valence-electron chi connectivity index (χ1n) is 6.38. The Hall–Kier alpha value is -2.12. The monoisotopic (exact) mass is 304 g/mol. The SMILES string of the molecule is C#Cc1c(C)ncnc1-c1cc(OC(C)C)c(Cl)cc1F. The van der Waals surface area contributed by atoms with Crippen molar-refractivity contribution in [3.8, 4) is 29.4 Å². The first-order valence-corrected chi connectivity index (χ1v) is 6.76. The molecule has 1 aromatic carbocycles. The summed E-state index contributed by atoms with van der Waals surface area (Å²) in [6.45, 7) is 5.47. The summed E-state index contributed by atoms with van der Waals surface area (Å²) in [6.07, 6.45) is 6.74. The zero-order valence-electron chi connectivity index (χ0n) is 11.9. The molecule has 0 fully saturated rings. The van der Waals surface area contributed by atoms with E-state index >= 15 is 0 Å². The van der Waals surface area contributed by atoms with Crippen molar-refractivity contribution in [2.24, 2.45) is 0 Å². The van der Waals surface area contributed by atoms with E-state index in [9.17, 15) is 4.39 Å². The number of aromatic nitrogens is 2. The van der Waals surface area contributed by atoms with Gasteiger partial charge in [0.15, 0.2) is 0 Å². The number of terminal acetylenes is 1. The van der Waals surface area contributed by atoms with E-state index in [1.54, 1.807) is 6.92 Å². The van der Waals surface area contributed by atoms with Crippen LogP contribution in [-0.4, -0.2) is 16.1 Å². The largest absolute Gasteiger partial charge is 0.489 e. The molecule has 0 aliphatic rings. The van der Waals surface area contributed by atoms with Crippen LogP contribution >= 0.6 is 11.6 Å². The third-order valence-electron chi connectivity index (χ3n) is 2.82. The van der Waals surface area contributed by atoms with Crippen LogP contribution in [0.4, 0.5) is 4.39 Å². The highest BCUT2D eigenvalue weighted by Gasteiger charge is 2.17. The van der Waals surface area contributed by atoms with Gasteiger partial charge in [0.25, 0.3) is 0 Å². The van der Waals surface area contributed by atoms with E-state index < -0.39 is 5.82 Å². The fourth-order valence-corrected chi connectivity index (χ4v) is 2.10. The van der Waals surface area contributed by atoms with Gasteiger partial charge >= 0.3 is 0 Å². The smallest absolute Gasteiger partial charge is 0.139 e. The minimum atomic E-state index is -0.509. The minimum absolute atomic E-state index is 0.0833. The van der Waals surface area contributed by atoms with Gasteiger partial charge in [0.2, 0.25) is 0 Å². The minimum Gasteiger partial charge on any atom is -0.489 e. The molecular formula is C16H14ClFN2O. The van der Waals surface area contributed by atoms with Crippen molar-refractivity contribution in [1.82, 2.24) is 9.97 Å². The molecule has 0 amide bonds. The lowest BCUT2D eigenvalue weighted by atomic mass is 10.0. The van der Waals surface area contributed by atoms with E-state index in [0.717, 1.165) is 0 Å². The van der Waals surface area contributed by atoms with Gasteiger partial charge < -0.3 is 4.74 Å². The van der Waals surface area contributed by atoms with Gasteiger partial charge in [0.1, 0.15) is 17.9 Å². The van der Waals surface area contributed by atoms with E-state index in [0.29, 0.717) is 22.7 Å². The molecule has 1 heterocycles. The maximum Gasteiger partial charge on any atom is 0.139 e. The lowest BCUT2D eigenvalue weighted by Crippen LogP contribution is -2.07. The van der Waals surface area contributed by atoms with Crippen molar-refractivity contribution >= 4 is 11.6 Å². The van der Waals surface area contributed by atoms with Crippen LogP contribution in [-0.2, 0) is 0 Å². The second-order valence-corrected chi connectivity index (χ2v) is 5.16. The van der Waals surface area contributed by atoms with Crippen molar-refractivity contribution in [2.75, 3.05) is 0 Å². The van der Waals surface area contributed by atoms with Gasteiger partial charge in [-0.1, -0.05) is 17.5 Å². The fraction of sp³-hybridized carbons (Fsp3) is 0.250. The molecule has 0 radical (unpaired) electrons. The van der Waals surface area contributed by atoms with E-state index in [1.807, 2.05) is 13.8 Å². The summed E-state index contributed by atoms with van der Waals surface area (Å²) in [7, 11) is 0. The molecule has 2 rings (SSSR count). The topological polar surface area (TPSA) is 35.0 Å². The Morgan fingerprint density at radius 3 is 2.67 bits per heavy atom. The summed E-state index contributed by atoms with van der Waals surface area (Å²) in [5.41, 5.74) is 1.67. The Kier molecular flexibility index (Phi) is 4.44. The number of halogens is 2. The molecule has 0 atom stereocenters. The van der Waals surface area contributed by atoms with Gasteiger partial charge in [-0.2, -0.15) is 0 Å². The second kappa shape index (κ2) is 6.11. The quantitative estimate of drug-likeness (QED) is 0.804. The Bertz CT molecular complexity index is 723. The molecule has 2 aromatic rings. The highest BCUT2D eigenvalue weighted by Crippen LogP contribution is 2.34. The third kappa shape index (κ3) is 3.14. The van der Waals surface area contributed by atoms with Crippen molar-refractivity contribution in [3.63, 3.8) is 0 Å². The molecule has 0 bridgehead atoms. The summed E-state index contributed by atoms with van der Waals surface area (Å²) in [5.74, 6) is 2.38. The van der Waals surface area contributed by atoms with Crippen LogP contribution in [0.3, 0.4) is 0 Å². The van der Waals surface area contributed by atoms with E-state index in [1.165, 1.54) is 18.5 Å².